The van der Waals surface area contributed by atoms with Crippen molar-refractivity contribution in [2.24, 2.45) is 5.41 Å². The van der Waals surface area contributed by atoms with Gasteiger partial charge in [-0.15, -0.1) is 0 Å². The molecular weight excluding hydrogens is 558 g/mol. The number of esters is 2. The van der Waals surface area contributed by atoms with E-state index in [0.29, 0.717) is 18.5 Å². The number of carbonyl (C=O) groups is 2. The molecule has 0 atom stereocenters. The molecule has 218 valence electrons. The molecule has 3 aromatic rings. The lowest BCUT2D eigenvalue weighted by molar-refractivity contribution is -0.193. The molecule has 1 aliphatic carbocycles. The molecule has 2 fully saturated rings. The summed E-state index contributed by atoms with van der Waals surface area (Å²) in [5.74, 6) is -3.96. The molecule has 2 aliphatic rings. The highest BCUT2D eigenvalue weighted by Gasteiger charge is 2.45. The summed E-state index contributed by atoms with van der Waals surface area (Å²) in [6.45, 7) is 1.22. The van der Waals surface area contributed by atoms with Gasteiger partial charge in [-0.25, -0.2) is 9.59 Å². The number of nitrogens with one attached hydrogen (secondary N) is 1. The summed E-state index contributed by atoms with van der Waals surface area (Å²) < 4.78 is 88.5. The van der Waals surface area contributed by atoms with Crippen LogP contribution in [-0.4, -0.2) is 37.7 Å². The summed E-state index contributed by atoms with van der Waals surface area (Å²) in [7, 11) is 0. The number of halogens is 6. The van der Waals surface area contributed by atoms with Gasteiger partial charge in [0.15, 0.2) is 11.3 Å². The molecule has 1 aliphatic heterocycles. The zero-order valence-corrected chi connectivity index (χ0v) is 21.5. The van der Waals surface area contributed by atoms with Crippen LogP contribution in [0.4, 0.5) is 37.9 Å². The number of carbonyl (C=O) groups excluding carboxylic acids is 2. The van der Waals surface area contributed by atoms with Crippen LogP contribution in [0.25, 0.3) is 11.0 Å². The Balaban J connectivity index is 1.40. The molecule has 0 bridgehead atoms. The van der Waals surface area contributed by atoms with Gasteiger partial charge in [0.2, 0.25) is 0 Å². The van der Waals surface area contributed by atoms with Crippen LogP contribution < -0.4 is 15.6 Å². The maximum absolute atomic E-state index is 13.7. The van der Waals surface area contributed by atoms with Crippen LogP contribution in [0.1, 0.15) is 47.2 Å². The average Bonchev–Trinajstić information content (AvgIpc) is 3.66. The van der Waals surface area contributed by atoms with Crippen LogP contribution in [0.2, 0.25) is 0 Å². The Morgan fingerprint density at radius 1 is 0.976 bits per heavy atom. The summed E-state index contributed by atoms with van der Waals surface area (Å²) in [6, 6.07) is 8.10. The van der Waals surface area contributed by atoms with Gasteiger partial charge in [0.25, 0.3) is 0 Å². The number of hydrogen-bond donors (Lipinski definition) is 1. The fourth-order valence-corrected chi connectivity index (χ4v) is 5.04. The third kappa shape index (κ3) is 6.18. The van der Waals surface area contributed by atoms with Gasteiger partial charge in [-0.05, 0) is 67.3 Å². The van der Waals surface area contributed by atoms with E-state index in [1.165, 1.54) is 37.1 Å². The Kier molecular flexibility index (Phi) is 7.24. The first-order valence-electron chi connectivity index (χ1n) is 12.8. The van der Waals surface area contributed by atoms with E-state index in [1.807, 2.05) is 4.90 Å². The number of rotatable bonds is 6. The van der Waals surface area contributed by atoms with Crippen LogP contribution in [0.5, 0.6) is 0 Å². The second-order valence-corrected chi connectivity index (χ2v) is 10.3. The number of nitrogens with zero attached hydrogens (tertiary/aromatic N) is 1. The monoisotopic (exact) mass is 582 g/mol. The molecule has 1 saturated heterocycles. The first kappa shape index (κ1) is 28.5. The number of anilines is 2. The van der Waals surface area contributed by atoms with Crippen LogP contribution in [0.3, 0.4) is 0 Å². The van der Waals surface area contributed by atoms with E-state index in [2.05, 4.69) is 10.1 Å². The van der Waals surface area contributed by atoms with E-state index >= 15 is 0 Å². The molecule has 7 nitrogen and oxygen atoms in total. The maximum Gasteiger partial charge on any atom is 0.491 e. The molecule has 2 heterocycles. The van der Waals surface area contributed by atoms with Crippen molar-refractivity contribution in [2.45, 2.75) is 44.5 Å². The summed E-state index contributed by atoms with van der Waals surface area (Å²) in [4.78, 5) is 38.1. The SMILES string of the molecule is O=C(OC(=O)C(F)(F)F)c1ccccc1NCCc1cc(C(F)(F)F)cc2c(=O)cc(N3CCC4(CC3)CC4)oc12. The lowest BCUT2D eigenvalue weighted by Gasteiger charge is -2.32. The number of piperidine rings is 1. The standard InChI is InChI=1S/C28H24F6N2O5/c29-27(30,31)17-13-16(5-10-35-20-4-2-1-3-18(20)24(38)41-25(39)28(32,33)34)23-19(14-17)21(37)15-22(40-23)36-11-8-26(6-7-26)9-12-36/h1-4,13-15,35H,5-12H2. The molecule has 0 amide bonds. The molecule has 2 aromatic carbocycles. The van der Waals surface area contributed by atoms with E-state index in [0.717, 1.165) is 31.0 Å². The minimum absolute atomic E-state index is 0.00234. The Labute approximate surface area is 229 Å². The second-order valence-electron chi connectivity index (χ2n) is 10.3. The summed E-state index contributed by atoms with van der Waals surface area (Å²) >= 11 is 0. The van der Waals surface area contributed by atoms with Crippen LogP contribution in [0, 0.1) is 5.41 Å². The molecular formula is C28H24F6N2O5. The predicted octanol–water partition coefficient (Wildman–Crippen LogP) is 6.09. The average molecular weight is 582 g/mol. The van der Waals surface area contributed by atoms with Gasteiger partial charge < -0.3 is 19.4 Å². The Hall–Kier alpha value is -4.03. The van der Waals surface area contributed by atoms with E-state index < -0.39 is 35.3 Å². The van der Waals surface area contributed by atoms with E-state index in [4.69, 9.17) is 4.42 Å². The normalized spacial score (nSPS) is 16.6. The summed E-state index contributed by atoms with van der Waals surface area (Å²) in [5, 5.41) is 2.55. The molecule has 1 N–H and O–H groups in total. The molecule has 0 radical (unpaired) electrons. The van der Waals surface area contributed by atoms with Gasteiger partial charge in [-0.3, -0.25) is 4.79 Å². The quantitative estimate of drug-likeness (QED) is 0.214. The van der Waals surface area contributed by atoms with E-state index in [1.54, 1.807) is 0 Å². The number of para-hydroxylation sites is 1. The van der Waals surface area contributed by atoms with Crippen molar-refractivity contribution in [3.8, 4) is 0 Å². The molecule has 13 heteroatoms. The van der Waals surface area contributed by atoms with Gasteiger partial charge >= 0.3 is 24.3 Å². The third-order valence-electron chi connectivity index (χ3n) is 7.59. The van der Waals surface area contributed by atoms with Gasteiger partial charge in [0.1, 0.15) is 5.58 Å². The smallest absolute Gasteiger partial charge is 0.440 e. The van der Waals surface area contributed by atoms with Crippen molar-refractivity contribution in [1.82, 2.24) is 0 Å². The summed E-state index contributed by atoms with van der Waals surface area (Å²) in [6.07, 6.45) is -6.02. The molecule has 5 rings (SSSR count). The van der Waals surface area contributed by atoms with E-state index in [-0.39, 0.29) is 46.6 Å². The van der Waals surface area contributed by atoms with Crippen molar-refractivity contribution in [3.63, 3.8) is 0 Å². The van der Waals surface area contributed by atoms with Crippen LogP contribution in [0.15, 0.2) is 51.7 Å². The zero-order chi connectivity index (χ0) is 29.6. The highest BCUT2D eigenvalue weighted by molar-refractivity contribution is 6.02. The molecule has 0 unspecified atom stereocenters. The molecule has 1 spiro atoms. The minimum Gasteiger partial charge on any atom is -0.440 e. The van der Waals surface area contributed by atoms with Crippen molar-refractivity contribution >= 4 is 34.5 Å². The zero-order valence-electron chi connectivity index (χ0n) is 21.5. The summed E-state index contributed by atoms with van der Waals surface area (Å²) in [5.41, 5.74) is -1.62. The largest absolute Gasteiger partial charge is 0.491 e. The molecule has 1 saturated carbocycles. The number of fused-ring (bicyclic) bond motifs is 1. The number of ether oxygens (including phenoxy) is 1. The van der Waals surface area contributed by atoms with Crippen molar-refractivity contribution in [2.75, 3.05) is 29.9 Å². The maximum atomic E-state index is 13.7. The Bertz CT molecular complexity index is 1550. The third-order valence-corrected chi connectivity index (χ3v) is 7.59. The predicted molar refractivity (Wildman–Crippen MR) is 136 cm³/mol. The highest BCUT2D eigenvalue weighted by Crippen LogP contribution is 2.54. The van der Waals surface area contributed by atoms with Crippen LogP contribution in [-0.2, 0) is 22.1 Å². The molecule has 1 aromatic heterocycles. The lowest BCUT2D eigenvalue weighted by Crippen LogP contribution is -2.34. The molecule has 41 heavy (non-hydrogen) atoms. The first-order chi connectivity index (χ1) is 19.3. The minimum atomic E-state index is -5.38. The van der Waals surface area contributed by atoms with Crippen LogP contribution >= 0.6 is 0 Å². The topological polar surface area (TPSA) is 88.8 Å². The van der Waals surface area contributed by atoms with E-state index in [9.17, 15) is 40.7 Å². The lowest BCUT2D eigenvalue weighted by atomic mass is 9.94. The number of alkyl halides is 6. The Morgan fingerprint density at radius 2 is 1.66 bits per heavy atom. The number of hydrogen-bond acceptors (Lipinski definition) is 7. The fourth-order valence-electron chi connectivity index (χ4n) is 5.04. The van der Waals surface area contributed by atoms with Gasteiger partial charge in [0.05, 0.1) is 16.5 Å². The van der Waals surface area contributed by atoms with Crippen molar-refractivity contribution < 1.29 is 45.1 Å². The Morgan fingerprint density at radius 3 is 2.29 bits per heavy atom. The highest BCUT2D eigenvalue weighted by atomic mass is 19.4. The fraction of sp³-hybridized carbons (Fsp3) is 0.393. The van der Waals surface area contributed by atoms with Crippen molar-refractivity contribution in [3.05, 3.63) is 69.4 Å². The second kappa shape index (κ2) is 10.4. The first-order valence-corrected chi connectivity index (χ1v) is 12.8. The van der Waals surface area contributed by atoms with Crippen molar-refractivity contribution in [1.29, 1.82) is 0 Å². The van der Waals surface area contributed by atoms with Gasteiger partial charge in [-0.2, -0.15) is 26.3 Å². The van der Waals surface area contributed by atoms with Gasteiger partial charge in [0, 0.05) is 31.4 Å². The number of benzene rings is 2. The van der Waals surface area contributed by atoms with Gasteiger partial charge in [-0.1, -0.05) is 12.1 Å².